The van der Waals surface area contributed by atoms with Crippen LogP contribution in [0, 0.1) is 0 Å². The third-order valence-corrected chi connectivity index (χ3v) is 9.35. The smallest absolute Gasteiger partial charge is 0.164 e. The van der Waals surface area contributed by atoms with E-state index in [9.17, 15) is 0 Å². The highest BCUT2D eigenvalue weighted by atomic mass is 16.3. The maximum atomic E-state index is 6.73. The van der Waals surface area contributed by atoms with Crippen LogP contribution in [0.1, 0.15) is 0 Å². The second-order valence-corrected chi connectivity index (χ2v) is 12.4. The fourth-order valence-electron chi connectivity index (χ4n) is 7.06. The van der Waals surface area contributed by atoms with Crippen LogP contribution < -0.4 is 0 Å². The lowest BCUT2D eigenvalue weighted by molar-refractivity contribution is 0.668. The van der Waals surface area contributed by atoms with Gasteiger partial charge in [0.15, 0.2) is 17.5 Å². The molecule has 0 aliphatic heterocycles. The highest BCUT2D eigenvalue weighted by molar-refractivity contribution is 6.19. The first-order valence-corrected chi connectivity index (χ1v) is 16.6. The van der Waals surface area contributed by atoms with Crippen LogP contribution in [0.3, 0.4) is 0 Å². The van der Waals surface area contributed by atoms with Crippen LogP contribution in [0.25, 0.3) is 100 Å². The molecule has 0 atom stereocenters. The Balaban J connectivity index is 1.20. The zero-order valence-electron chi connectivity index (χ0n) is 26.7. The molecule has 3 heterocycles. The van der Waals surface area contributed by atoms with Crippen molar-refractivity contribution in [3.05, 3.63) is 164 Å². The molecule has 5 heteroatoms. The van der Waals surface area contributed by atoms with Gasteiger partial charge in [0.2, 0.25) is 0 Å². The van der Waals surface area contributed by atoms with Crippen molar-refractivity contribution in [2.45, 2.75) is 0 Å². The lowest BCUT2D eigenvalue weighted by atomic mass is 9.97. The largest absolute Gasteiger partial charge is 0.456 e. The number of hydrogen-bond donors (Lipinski definition) is 0. The van der Waals surface area contributed by atoms with Crippen molar-refractivity contribution in [2.75, 3.05) is 0 Å². The molecular formula is C45H27N3O2. The number of nitrogens with zero attached hydrogens (tertiary/aromatic N) is 3. The summed E-state index contributed by atoms with van der Waals surface area (Å²) in [6.45, 7) is 0. The van der Waals surface area contributed by atoms with Crippen molar-refractivity contribution in [1.82, 2.24) is 15.0 Å². The van der Waals surface area contributed by atoms with Crippen LogP contribution in [-0.2, 0) is 0 Å². The van der Waals surface area contributed by atoms with Crippen LogP contribution in [0.15, 0.2) is 173 Å². The molecule has 0 saturated carbocycles. The van der Waals surface area contributed by atoms with E-state index in [0.29, 0.717) is 17.5 Å². The molecule has 0 fully saturated rings. The van der Waals surface area contributed by atoms with Crippen LogP contribution >= 0.6 is 0 Å². The van der Waals surface area contributed by atoms with Gasteiger partial charge in [0, 0.05) is 43.8 Å². The summed E-state index contributed by atoms with van der Waals surface area (Å²) in [5.41, 5.74) is 10.3. The fraction of sp³-hybridized carbons (Fsp3) is 0. The Morgan fingerprint density at radius 3 is 1.66 bits per heavy atom. The first kappa shape index (κ1) is 28.2. The molecule has 50 heavy (non-hydrogen) atoms. The Labute approximate surface area is 287 Å². The third kappa shape index (κ3) is 4.60. The standard InChI is InChI=1S/C45H27N3O2/c1-3-13-28(14-4-1)30-17-9-18-31(27-30)44-46-43(29-15-5-2-6-16-29)47-45(48-44)36-23-12-26-39-41(36)35-22-10-21-33(42(35)50-39)32-20-11-25-38-40(32)34-19-7-8-24-37(34)49-38/h1-27H. The number of furan rings is 2. The van der Waals surface area contributed by atoms with E-state index in [1.54, 1.807) is 0 Å². The van der Waals surface area contributed by atoms with Gasteiger partial charge >= 0.3 is 0 Å². The van der Waals surface area contributed by atoms with E-state index >= 15 is 0 Å². The van der Waals surface area contributed by atoms with Crippen molar-refractivity contribution in [2.24, 2.45) is 0 Å². The maximum absolute atomic E-state index is 6.73. The molecule has 0 saturated heterocycles. The third-order valence-electron chi connectivity index (χ3n) is 9.35. The van der Waals surface area contributed by atoms with E-state index < -0.39 is 0 Å². The maximum Gasteiger partial charge on any atom is 0.164 e. The number of aromatic nitrogens is 3. The predicted octanol–water partition coefficient (Wildman–Crippen LogP) is 12.0. The quantitative estimate of drug-likeness (QED) is 0.187. The van der Waals surface area contributed by atoms with Gasteiger partial charge in [0.05, 0.1) is 0 Å². The van der Waals surface area contributed by atoms with E-state index in [1.807, 2.05) is 78.9 Å². The second-order valence-electron chi connectivity index (χ2n) is 12.4. The lowest BCUT2D eigenvalue weighted by Crippen LogP contribution is -2.00. The Morgan fingerprint density at radius 2 is 0.840 bits per heavy atom. The van der Waals surface area contributed by atoms with Gasteiger partial charge in [-0.05, 0) is 41.0 Å². The summed E-state index contributed by atoms with van der Waals surface area (Å²) in [7, 11) is 0. The van der Waals surface area contributed by atoms with Crippen molar-refractivity contribution >= 4 is 43.9 Å². The normalized spacial score (nSPS) is 11.6. The average Bonchev–Trinajstić information content (AvgIpc) is 3.77. The molecule has 10 aromatic rings. The molecule has 5 nitrogen and oxygen atoms in total. The van der Waals surface area contributed by atoms with Crippen molar-refractivity contribution < 1.29 is 8.83 Å². The molecule has 0 spiro atoms. The summed E-state index contributed by atoms with van der Waals surface area (Å²) >= 11 is 0. The van der Waals surface area contributed by atoms with Crippen molar-refractivity contribution in [1.29, 1.82) is 0 Å². The summed E-state index contributed by atoms with van der Waals surface area (Å²) in [5, 5.41) is 4.10. The number of para-hydroxylation sites is 2. The number of hydrogen-bond acceptors (Lipinski definition) is 5. The SMILES string of the molecule is c1ccc(-c2cccc(-c3nc(-c4ccccc4)nc(-c4cccc5oc6c(-c7cccc8oc9ccccc9c78)cccc6c45)n3)c2)cc1. The summed E-state index contributed by atoms with van der Waals surface area (Å²) in [4.78, 5) is 15.2. The molecule has 0 radical (unpaired) electrons. The number of rotatable bonds is 5. The van der Waals surface area contributed by atoms with E-state index in [2.05, 4.69) is 84.9 Å². The Bertz CT molecular complexity index is 2870. The minimum atomic E-state index is 0.584. The summed E-state index contributed by atoms with van der Waals surface area (Å²) in [5.74, 6) is 1.80. The molecule has 10 rings (SSSR count). The van der Waals surface area contributed by atoms with Gasteiger partial charge in [-0.25, -0.2) is 15.0 Å². The monoisotopic (exact) mass is 641 g/mol. The average molecular weight is 642 g/mol. The Kier molecular flexibility index (Phi) is 6.42. The number of fused-ring (bicyclic) bond motifs is 6. The van der Waals surface area contributed by atoms with E-state index in [1.165, 1.54) is 0 Å². The van der Waals surface area contributed by atoms with Gasteiger partial charge in [-0.1, -0.05) is 140 Å². The second kappa shape index (κ2) is 11.4. The first-order chi connectivity index (χ1) is 24.8. The summed E-state index contributed by atoms with van der Waals surface area (Å²) in [6.07, 6.45) is 0. The molecule has 0 N–H and O–H groups in total. The highest BCUT2D eigenvalue weighted by Gasteiger charge is 2.21. The molecule has 7 aromatic carbocycles. The van der Waals surface area contributed by atoms with Crippen LogP contribution in [0.2, 0.25) is 0 Å². The molecule has 0 amide bonds. The topological polar surface area (TPSA) is 65.0 Å². The molecule has 0 aliphatic rings. The summed E-state index contributed by atoms with van der Waals surface area (Å²) in [6, 6.07) is 55.6. The fourth-order valence-corrected chi connectivity index (χ4v) is 7.06. The van der Waals surface area contributed by atoms with Crippen LogP contribution in [-0.4, -0.2) is 15.0 Å². The van der Waals surface area contributed by atoms with Crippen LogP contribution in [0.4, 0.5) is 0 Å². The predicted molar refractivity (Wildman–Crippen MR) is 202 cm³/mol. The first-order valence-electron chi connectivity index (χ1n) is 16.6. The Morgan fingerprint density at radius 1 is 0.320 bits per heavy atom. The number of benzene rings is 7. The Hall–Kier alpha value is -6.85. The zero-order valence-corrected chi connectivity index (χ0v) is 26.7. The van der Waals surface area contributed by atoms with Gasteiger partial charge in [-0.15, -0.1) is 0 Å². The summed E-state index contributed by atoms with van der Waals surface area (Å²) < 4.78 is 13.0. The molecule has 0 unspecified atom stereocenters. The van der Waals surface area contributed by atoms with E-state index in [-0.39, 0.29) is 0 Å². The highest BCUT2D eigenvalue weighted by Crippen LogP contribution is 2.43. The zero-order chi connectivity index (χ0) is 33.0. The van der Waals surface area contributed by atoms with Gasteiger partial charge < -0.3 is 8.83 Å². The minimum Gasteiger partial charge on any atom is -0.456 e. The molecule has 0 aliphatic carbocycles. The lowest BCUT2D eigenvalue weighted by Gasteiger charge is -2.10. The molecular weight excluding hydrogens is 615 g/mol. The molecule has 234 valence electrons. The van der Waals surface area contributed by atoms with E-state index in [0.717, 1.165) is 82.8 Å². The van der Waals surface area contributed by atoms with Crippen molar-refractivity contribution in [3.63, 3.8) is 0 Å². The molecule has 0 bridgehead atoms. The van der Waals surface area contributed by atoms with Gasteiger partial charge in [-0.2, -0.15) is 0 Å². The molecule has 3 aromatic heterocycles. The van der Waals surface area contributed by atoms with E-state index in [4.69, 9.17) is 23.8 Å². The minimum absolute atomic E-state index is 0.584. The van der Waals surface area contributed by atoms with Gasteiger partial charge in [0.25, 0.3) is 0 Å². The van der Waals surface area contributed by atoms with Gasteiger partial charge in [-0.3, -0.25) is 0 Å². The van der Waals surface area contributed by atoms with Crippen molar-refractivity contribution in [3.8, 4) is 56.4 Å². The van der Waals surface area contributed by atoms with Crippen LogP contribution in [0.5, 0.6) is 0 Å². The van der Waals surface area contributed by atoms with Gasteiger partial charge in [0.1, 0.15) is 22.3 Å².